The summed E-state index contributed by atoms with van der Waals surface area (Å²) in [6.45, 7) is 0.270. The summed E-state index contributed by atoms with van der Waals surface area (Å²) in [5, 5.41) is 0. The molecule has 1 fully saturated rings. The monoisotopic (exact) mass is 345 g/mol. The first-order valence-electron chi connectivity index (χ1n) is 9.48. The molecule has 2 aromatic carbocycles. The van der Waals surface area contributed by atoms with E-state index in [1.165, 1.54) is 12.1 Å². The number of likely N-dealkylation sites (tertiary alicyclic amines) is 1. The molecule has 2 heterocycles. The van der Waals surface area contributed by atoms with E-state index in [4.69, 9.17) is 17.0 Å². The molecule has 4 rings (SSSR count). The minimum atomic E-state index is -2.14. The van der Waals surface area contributed by atoms with Gasteiger partial charge in [-0.05, 0) is 55.8 Å². The van der Waals surface area contributed by atoms with Crippen LogP contribution >= 0.6 is 0 Å². The first-order valence-corrected chi connectivity index (χ1v) is 8.48. The van der Waals surface area contributed by atoms with E-state index in [9.17, 15) is 4.39 Å². The molecule has 2 atom stereocenters. The summed E-state index contributed by atoms with van der Waals surface area (Å²) < 4.78 is 44.5. The Labute approximate surface area is 149 Å². The highest BCUT2D eigenvalue weighted by atomic mass is 19.1. The van der Waals surface area contributed by atoms with Crippen molar-refractivity contribution in [3.8, 4) is 17.2 Å². The van der Waals surface area contributed by atoms with Crippen molar-refractivity contribution >= 4 is 0 Å². The number of ether oxygens (including phenoxy) is 3. The van der Waals surface area contributed by atoms with E-state index < -0.39 is 6.75 Å². The lowest BCUT2D eigenvalue weighted by Crippen LogP contribution is -2.39. The first kappa shape index (κ1) is 14.0. The third kappa shape index (κ3) is 3.56. The van der Waals surface area contributed by atoms with Crippen LogP contribution in [0.1, 0.15) is 20.6 Å². The summed E-state index contributed by atoms with van der Waals surface area (Å²) in [7, 11) is 2.09. The van der Waals surface area contributed by atoms with E-state index in [0.29, 0.717) is 29.8 Å². The van der Waals surface area contributed by atoms with E-state index in [1.807, 2.05) is 12.1 Å². The zero-order valence-corrected chi connectivity index (χ0v) is 14.1. The van der Waals surface area contributed by atoms with Crippen molar-refractivity contribution in [2.24, 2.45) is 5.92 Å². The molecule has 5 heteroatoms. The highest BCUT2D eigenvalue weighted by molar-refractivity contribution is 5.46. The average Bonchev–Trinajstić information content (AvgIpc) is 2.94. The van der Waals surface area contributed by atoms with Crippen molar-refractivity contribution in [1.29, 1.82) is 0 Å². The van der Waals surface area contributed by atoms with Gasteiger partial charge in [-0.15, -0.1) is 0 Å². The summed E-state index contributed by atoms with van der Waals surface area (Å²) in [5.74, 6) is 1.68. The van der Waals surface area contributed by atoms with Gasteiger partial charge >= 0.3 is 0 Å². The molecule has 4 nitrogen and oxygen atoms in total. The number of hydrogen-bond donors (Lipinski definition) is 0. The van der Waals surface area contributed by atoms with E-state index in [-0.39, 0.29) is 11.7 Å². The number of hydrogen-bond acceptors (Lipinski definition) is 4. The Balaban J connectivity index is 1.46. The highest BCUT2D eigenvalue weighted by Gasteiger charge is 2.29. The quantitative estimate of drug-likeness (QED) is 0.846. The Morgan fingerprint density at radius 3 is 2.84 bits per heavy atom. The fourth-order valence-electron chi connectivity index (χ4n) is 3.59. The van der Waals surface area contributed by atoms with Crippen LogP contribution in [0.2, 0.25) is 0 Å². The Morgan fingerprint density at radius 1 is 1.20 bits per heavy atom. The van der Waals surface area contributed by atoms with Gasteiger partial charge in [0.2, 0.25) is 6.75 Å². The van der Waals surface area contributed by atoms with E-state index in [1.54, 1.807) is 18.2 Å². The molecule has 0 saturated carbocycles. The maximum absolute atomic E-state index is 13.3. The Hall–Kier alpha value is -2.27. The molecule has 0 unspecified atom stereocenters. The van der Waals surface area contributed by atoms with Gasteiger partial charge in [-0.1, -0.05) is 12.1 Å². The molecule has 0 spiro atoms. The molecule has 2 aliphatic rings. The highest BCUT2D eigenvalue weighted by Crippen LogP contribution is 2.37. The van der Waals surface area contributed by atoms with Crippen molar-refractivity contribution in [1.82, 2.24) is 4.90 Å². The first-order chi connectivity index (χ1) is 12.9. The summed E-state index contributed by atoms with van der Waals surface area (Å²) in [4.78, 5) is 2.28. The van der Waals surface area contributed by atoms with E-state index in [0.717, 1.165) is 25.1 Å². The Morgan fingerprint density at radius 2 is 2.00 bits per heavy atom. The minimum Gasteiger partial charge on any atom is -0.493 e. The number of halogens is 1. The van der Waals surface area contributed by atoms with Gasteiger partial charge < -0.3 is 19.1 Å². The van der Waals surface area contributed by atoms with Crippen LogP contribution in [-0.2, 0) is 0 Å². The fourth-order valence-corrected chi connectivity index (χ4v) is 3.59. The lowest BCUT2D eigenvalue weighted by molar-refractivity contribution is 0.129. The smallest absolute Gasteiger partial charge is 0.231 e. The fraction of sp³-hybridized carbons (Fsp3) is 0.400. The largest absolute Gasteiger partial charge is 0.493 e. The Kier molecular flexibility index (Phi) is 3.86. The normalized spacial score (nSPS) is 26.0. The topological polar surface area (TPSA) is 30.9 Å². The van der Waals surface area contributed by atoms with Gasteiger partial charge in [-0.25, -0.2) is 4.39 Å². The van der Waals surface area contributed by atoms with Gasteiger partial charge in [0.25, 0.3) is 0 Å². The molecule has 0 amide bonds. The molecule has 0 aliphatic carbocycles. The summed E-state index contributed by atoms with van der Waals surface area (Å²) in [5.41, 5.74) is 1.14. The van der Waals surface area contributed by atoms with Crippen molar-refractivity contribution in [2.45, 2.75) is 12.3 Å². The van der Waals surface area contributed by atoms with Gasteiger partial charge in [0.1, 0.15) is 14.3 Å². The Bertz CT molecular complexity index is 815. The van der Waals surface area contributed by atoms with E-state index in [2.05, 4.69) is 11.9 Å². The minimum absolute atomic E-state index is 0.222. The third-order valence-electron chi connectivity index (χ3n) is 4.92. The summed E-state index contributed by atoms with van der Waals surface area (Å²) in [6, 6.07) is 11.8. The van der Waals surface area contributed by atoms with Crippen LogP contribution in [0.15, 0.2) is 42.5 Å². The second-order valence-corrected chi connectivity index (χ2v) is 6.68. The molecular formula is C20H22FNO3. The molecule has 1 saturated heterocycles. The van der Waals surface area contributed by atoms with Gasteiger partial charge in [-0.2, -0.15) is 0 Å². The molecule has 0 N–H and O–H groups in total. The second-order valence-electron chi connectivity index (χ2n) is 6.68. The standard InChI is InChI=1S/C20H22FNO3/c1-22-9-8-18(14-2-4-16(21)5-3-14)15(11-22)12-23-17-6-7-19-20(10-17)25-13-24-19/h2-7,10,15,18H,8-9,11-13H2,1H3/t15-,18-/m0/s1/i13D2. The summed E-state index contributed by atoms with van der Waals surface area (Å²) in [6.07, 6.45) is 0.998. The van der Waals surface area contributed by atoms with Crippen molar-refractivity contribution in [3.05, 3.63) is 53.8 Å². The number of nitrogens with zero attached hydrogens (tertiary/aromatic N) is 1. The van der Waals surface area contributed by atoms with Gasteiger partial charge in [0.15, 0.2) is 11.5 Å². The lowest BCUT2D eigenvalue weighted by Gasteiger charge is -2.37. The van der Waals surface area contributed by atoms with Crippen LogP contribution in [0.4, 0.5) is 4.39 Å². The summed E-state index contributed by atoms with van der Waals surface area (Å²) >= 11 is 0. The maximum atomic E-state index is 13.3. The zero-order valence-electron chi connectivity index (χ0n) is 16.1. The molecule has 2 aromatic rings. The lowest BCUT2D eigenvalue weighted by atomic mass is 9.81. The van der Waals surface area contributed by atoms with E-state index >= 15 is 0 Å². The van der Waals surface area contributed by atoms with Crippen LogP contribution in [0.5, 0.6) is 17.2 Å². The zero-order chi connectivity index (χ0) is 19.0. The van der Waals surface area contributed by atoms with Crippen LogP contribution in [0.3, 0.4) is 0 Å². The third-order valence-corrected chi connectivity index (χ3v) is 4.92. The molecule has 0 radical (unpaired) electrons. The van der Waals surface area contributed by atoms with Gasteiger partial charge in [-0.3, -0.25) is 0 Å². The predicted molar refractivity (Wildman–Crippen MR) is 92.8 cm³/mol. The number of piperidine rings is 1. The van der Waals surface area contributed by atoms with Crippen molar-refractivity contribution in [3.63, 3.8) is 0 Å². The number of fused-ring (bicyclic) bond motifs is 1. The van der Waals surface area contributed by atoms with Crippen molar-refractivity contribution < 1.29 is 21.3 Å². The number of rotatable bonds is 4. The SMILES string of the molecule is [2H]C1([2H])Oc2ccc(OC[C@@H]3CN(C)CC[C@H]3c3ccc(F)cc3)cc2O1. The van der Waals surface area contributed by atoms with Crippen molar-refractivity contribution in [2.75, 3.05) is 33.5 Å². The molecular weight excluding hydrogens is 321 g/mol. The molecule has 2 aliphatic heterocycles. The van der Waals surface area contributed by atoms with Crippen LogP contribution in [0.25, 0.3) is 0 Å². The van der Waals surface area contributed by atoms with Gasteiger partial charge in [0, 0.05) is 18.5 Å². The average molecular weight is 345 g/mol. The molecule has 132 valence electrons. The van der Waals surface area contributed by atoms with Crippen LogP contribution < -0.4 is 14.2 Å². The number of benzene rings is 2. The molecule has 25 heavy (non-hydrogen) atoms. The second kappa shape index (κ2) is 6.92. The van der Waals surface area contributed by atoms with Crippen LogP contribution in [0, 0.1) is 11.7 Å². The predicted octanol–water partition coefficient (Wildman–Crippen LogP) is 3.67. The van der Waals surface area contributed by atoms with Crippen LogP contribution in [-0.4, -0.2) is 38.4 Å². The molecule has 0 bridgehead atoms. The van der Waals surface area contributed by atoms with Gasteiger partial charge in [0.05, 0.1) is 6.61 Å². The maximum Gasteiger partial charge on any atom is 0.231 e. The molecule has 0 aromatic heterocycles.